The summed E-state index contributed by atoms with van der Waals surface area (Å²) >= 11 is 0. The van der Waals surface area contributed by atoms with Crippen LogP contribution in [0.4, 0.5) is 0 Å². The Kier molecular flexibility index (Phi) is 11.8. The minimum Gasteiger partial charge on any atom is -0.496 e. The molecule has 1 heterocycles. The van der Waals surface area contributed by atoms with Gasteiger partial charge >= 0.3 is 0 Å². The van der Waals surface area contributed by atoms with Gasteiger partial charge < -0.3 is 20.3 Å². The van der Waals surface area contributed by atoms with Crippen molar-refractivity contribution >= 4 is 29.9 Å². The van der Waals surface area contributed by atoms with Crippen LogP contribution in [0.1, 0.15) is 23.6 Å². The van der Waals surface area contributed by atoms with E-state index in [1.807, 2.05) is 18.2 Å². The second kappa shape index (κ2) is 14.3. The first-order valence-electron chi connectivity index (χ1n) is 11.3. The van der Waals surface area contributed by atoms with Gasteiger partial charge in [0.25, 0.3) is 0 Å². The number of nitrogens with one attached hydrogen (secondary N) is 2. The predicted molar refractivity (Wildman–Crippen MR) is 144 cm³/mol. The van der Waals surface area contributed by atoms with Gasteiger partial charge in [-0.25, -0.2) is 0 Å². The highest BCUT2D eigenvalue weighted by molar-refractivity contribution is 14.0. The molecule has 0 spiro atoms. The molecular weight excluding hydrogens is 513 g/mol. The maximum Gasteiger partial charge on any atom is 0.191 e. The molecule has 0 amide bonds. The van der Waals surface area contributed by atoms with E-state index >= 15 is 0 Å². The third kappa shape index (κ3) is 8.26. The third-order valence-corrected chi connectivity index (χ3v) is 5.90. The monoisotopic (exact) mass is 551 g/mol. The molecule has 0 saturated carbocycles. The zero-order valence-electron chi connectivity index (χ0n) is 19.6. The summed E-state index contributed by atoms with van der Waals surface area (Å²) < 4.78 is 5.42. The largest absolute Gasteiger partial charge is 0.496 e. The van der Waals surface area contributed by atoms with Gasteiger partial charge in [-0.15, -0.1) is 24.0 Å². The number of guanidine groups is 1. The molecule has 0 aromatic heterocycles. The summed E-state index contributed by atoms with van der Waals surface area (Å²) in [6, 6.07) is 17.1. The van der Waals surface area contributed by atoms with Crippen molar-refractivity contribution < 1.29 is 4.74 Å². The smallest absolute Gasteiger partial charge is 0.191 e. The molecule has 2 aromatic carbocycles. The quantitative estimate of drug-likeness (QED) is 0.285. The van der Waals surface area contributed by atoms with Crippen LogP contribution in [0.15, 0.2) is 53.5 Å². The van der Waals surface area contributed by atoms with E-state index in [1.54, 1.807) is 14.2 Å². The maximum absolute atomic E-state index is 5.42. The molecule has 0 unspecified atom stereocenters. The van der Waals surface area contributed by atoms with Crippen LogP contribution >= 0.6 is 24.0 Å². The maximum atomic E-state index is 5.42. The van der Waals surface area contributed by atoms with E-state index in [1.165, 1.54) is 29.8 Å². The van der Waals surface area contributed by atoms with Gasteiger partial charge in [-0.2, -0.15) is 0 Å². The van der Waals surface area contributed by atoms with Crippen LogP contribution in [0.5, 0.6) is 5.75 Å². The minimum absolute atomic E-state index is 0. The molecule has 0 radical (unpaired) electrons. The van der Waals surface area contributed by atoms with Crippen molar-refractivity contribution in [3.63, 3.8) is 0 Å². The van der Waals surface area contributed by atoms with Gasteiger partial charge in [-0.3, -0.25) is 9.89 Å². The van der Waals surface area contributed by atoms with Crippen molar-refractivity contribution in [1.29, 1.82) is 0 Å². The fourth-order valence-corrected chi connectivity index (χ4v) is 3.92. The van der Waals surface area contributed by atoms with Crippen LogP contribution in [0.25, 0.3) is 0 Å². The highest BCUT2D eigenvalue weighted by Gasteiger charge is 2.15. The fourth-order valence-electron chi connectivity index (χ4n) is 3.92. The van der Waals surface area contributed by atoms with Crippen LogP contribution in [0.2, 0.25) is 0 Å². The Labute approximate surface area is 210 Å². The molecule has 2 N–H and O–H groups in total. The van der Waals surface area contributed by atoms with Crippen molar-refractivity contribution in [3.05, 3.63) is 65.2 Å². The summed E-state index contributed by atoms with van der Waals surface area (Å²) in [6.07, 6.45) is 0.881. The van der Waals surface area contributed by atoms with E-state index in [4.69, 9.17) is 4.74 Å². The van der Waals surface area contributed by atoms with Gasteiger partial charge in [0.1, 0.15) is 5.75 Å². The van der Waals surface area contributed by atoms with Gasteiger partial charge in [0.05, 0.1) is 7.11 Å². The SMILES string of the molecule is CCN1CCN(Cc2ccc(CNC(=NC)NCCc3ccccc3OC)cc2)CC1.I. The molecule has 176 valence electrons. The molecule has 1 saturated heterocycles. The van der Waals surface area contributed by atoms with Gasteiger partial charge in [0.15, 0.2) is 5.96 Å². The lowest BCUT2D eigenvalue weighted by molar-refractivity contribution is 0.132. The van der Waals surface area contributed by atoms with E-state index in [0.29, 0.717) is 0 Å². The third-order valence-electron chi connectivity index (χ3n) is 5.90. The highest BCUT2D eigenvalue weighted by Crippen LogP contribution is 2.17. The summed E-state index contributed by atoms with van der Waals surface area (Å²) in [7, 11) is 3.52. The van der Waals surface area contributed by atoms with Gasteiger partial charge in [0.2, 0.25) is 0 Å². The molecule has 3 rings (SSSR count). The van der Waals surface area contributed by atoms with Gasteiger partial charge in [0, 0.05) is 52.9 Å². The molecule has 1 fully saturated rings. The number of aliphatic imine (C=N–C) groups is 1. The molecule has 0 atom stereocenters. The van der Waals surface area contributed by atoms with Crippen LogP contribution in [-0.4, -0.2) is 69.2 Å². The first-order chi connectivity index (χ1) is 15.2. The second-order valence-electron chi connectivity index (χ2n) is 7.94. The molecule has 7 heteroatoms. The number of ether oxygens (including phenoxy) is 1. The van der Waals surface area contributed by atoms with Gasteiger partial charge in [-0.1, -0.05) is 49.4 Å². The first-order valence-corrected chi connectivity index (χ1v) is 11.3. The average Bonchev–Trinajstić information content (AvgIpc) is 2.83. The molecule has 32 heavy (non-hydrogen) atoms. The van der Waals surface area contributed by atoms with Gasteiger partial charge in [-0.05, 0) is 35.7 Å². The Hall–Kier alpha value is -1.84. The van der Waals surface area contributed by atoms with Crippen molar-refractivity contribution in [2.45, 2.75) is 26.4 Å². The number of hydrogen-bond acceptors (Lipinski definition) is 4. The van der Waals surface area contributed by atoms with Crippen molar-refractivity contribution in [2.24, 2.45) is 4.99 Å². The van der Waals surface area contributed by atoms with E-state index in [-0.39, 0.29) is 24.0 Å². The standard InChI is InChI=1S/C25H37N5O.HI/c1-4-29-15-17-30(18-16-29)20-22-11-9-21(10-12-22)19-28-25(26-2)27-14-13-23-7-5-6-8-24(23)31-3;/h5-12H,4,13-20H2,1-3H3,(H2,26,27,28);1H. The van der Waals surface area contributed by atoms with Crippen molar-refractivity contribution in [2.75, 3.05) is 53.4 Å². The van der Waals surface area contributed by atoms with E-state index in [9.17, 15) is 0 Å². The van der Waals surface area contributed by atoms with Crippen LogP contribution < -0.4 is 15.4 Å². The lowest BCUT2D eigenvalue weighted by Gasteiger charge is -2.34. The molecule has 0 bridgehead atoms. The first kappa shape index (κ1) is 26.4. The average molecular weight is 552 g/mol. The summed E-state index contributed by atoms with van der Waals surface area (Å²) in [5, 5.41) is 6.79. The van der Waals surface area contributed by atoms with Crippen LogP contribution in [0.3, 0.4) is 0 Å². The van der Waals surface area contributed by atoms with E-state index < -0.39 is 0 Å². The summed E-state index contributed by atoms with van der Waals surface area (Å²) in [6.45, 7) is 10.7. The predicted octanol–water partition coefficient (Wildman–Crippen LogP) is 3.36. The van der Waals surface area contributed by atoms with E-state index in [0.717, 1.165) is 57.4 Å². The number of methoxy groups -OCH3 is 1. The summed E-state index contributed by atoms with van der Waals surface area (Å²) in [5.41, 5.74) is 3.83. The number of likely N-dealkylation sites (N-methyl/N-ethyl adjacent to an activating group) is 1. The number of hydrogen-bond donors (Lipinski definition) is 2. The summed E-state index contributed by atoms with van der Waals surface area (Å²) in [5.74, 6) is 1.74. The molecule has 1 aliphatic heterocycles. The molecule has 6 nitrogen and oxygen atoms in total. The number of piperazine rings is 1. The Morgan fingerprint density at radius 3 is 2.25 bits per heavy atom. The van der Waals surface area contributed by atoms with Crippen molar-refractivity contribution in [1.82, 2.24) is 20.4 Å². The summed E-state index contributed by atoms with van der Waals surface area (Å²) in [4.78, 5) is 9.40. The number of rotatable bonds is 9. The van der Waals surface area contributed by atoms with Crippen molar-refractivity contribution in [3.8, 4) is 5.75 Å². The van der Waals surface area contributed by atoms with Crippen LogP contribution in [-0.2, 0) is 19.5 Å². The normalized spacial score (nSPS) is 15.2. The zero-order chi connectivity index (χ0) is 21.9. The highest BCUT2D eigenvalue weighted by atomic mass is 127. The number of nitrogens with zero attached hydrogens (tertiary/aromatic N) is 3. The topological polar surface area (TPSA) is 52.1 Å². The Bertz CT molecular complexity index is 819. The zero-order valence-corrected chi connectivity index (χ0v) is 22.0. The molecule has 1 aliphatic rings. The minimum atomic E-state index is 0. The number of halogens is 1. The Balaban J connectivity index is 0.00000363. The van der Waals surface area contributed by atoms with E-state index in [2.05, 4.69) is 62.7 Å². The lowest BCUT2D eigenvalue weighted by Crippen LogP contribution is -2.45. The lowest BCUT2D eigenvalue weighted by atomic mass is 10.1. The molecule has 0 aliphatic carbocycles. The number of para-hydroxylation sites is 1. The molecule has 2 aromatic rings. The Morgan fingerprint density at radius 2 is 1.59 bits per heavy atom. The second-order valence-corrected chi connectivity index (χ2v) is 7.94. The Morgan fingerprint density at radius 1 is 0.938 bits per heavy atom. The molecular formula is C25H38IN5O. The van der Waals surface area contributed by atoms with Crippen LogP contribution in [0, 0.1) is 0 Å². The number of benzene rings is 2. The fraction of sp³-hybridized carbons (Fsp3) is 0.480.